The summed E-state index contributed by atoms with van der Waals surface area (Å²) in [5, 5.41) is 12.6. The van der Waals surface area contributed by atoms with Crippen molar-refractivity contribution in [3.63, 3.8) is 0 Å². The predicted molar refractivity (Wildman–Crippen MR) is 81.7 cm³/mol. The molecule has 0 radical (unpaired) electrons. The third kappa shape index (κ3) is 2.50. The maximum Gasteiger partial charge on any atom is 0.188 e. The summed E-state index contributed by atoms with van der Waals surface area (Å²) in [6.07, 6.45) is 0. The van der Waals surface area contributed by atoms with Gasteiger partial charge in [-0.15, -0.1) is 0 Å². The van der Waals surface area contributed by atoms with Gasteiger partial charge >= 0.3 is 0 Å². The molecular formula is C14H7BrFN3S. The molecule has 1 aromatic heterocycles. The molecule has 1 N–H and O–H groups in total. The van der Waals surface area contributed by atoms with Gasteiger partial charge in [0.25, 0.3) is 0 Å². The van der Waals surface area contributed by atoms with E-state index in [1.54, 1.807) is 6.07 Å². The van der Waals surface area contributed by atoms with Gasteiger partial charge in [-0.05, 0) is 36.4 Å². The zero-order chi connectivity index (χ0) is 14.1. The first-order valence-corrected chi connectivity index (χ1v) is 7.29. The molecule has 0 bridgehead atoms. The molecule has 0 aliphatic carbocycles. The number of rotatable bonds is 2. The Morgan fingerprint density at radius 1 is 1.25 bits per heavy atom. The van der Waals surface area contributed by atoms with Crippen molar-refractivity contribution in [1.82, 2.24) is 4.98 Å². The number of nitrogens with zero attached hydrogens (tertiary/aromatic N) is 2. The van der Waals surface area contributed by atoms with Gasteiger partial charge in [0.15, 0.2) is 5.13 Å². The molecule has 3 nitrogen and oxygen atoms in total. The summed E-state index contributed by atoms with van der Waals surface area (Å²) in [6.45, 7) is 0. The monoisotopic (exact) mass is 347 g/mol. The fourth-order valence-electron chi connectivity index (χ4n) is 1.77. The molecule has 0 spiro atoms. The zero-order valence-electron chi connectivity index (χ0n) is 10.0. The summed E-state index contributed by atoms with van der Waals surface area (Å²) in [7, 11) is 0. The van der Waals surface area contributed by atoms with Crippen LogP contribution in [0.3, 0.4) is 0 Å². The molecule has 0 saturated carbocycles. The van der Waals surface area contributed by atoms with Gasteiger partial charge < -0.3 is 5.32 Å². The standard InChI is InChI=1S/C14H7BrFN3S/c15-9-1-4-13-12(6-9)19-14(20-13)18-10-2-3-11(16)8(5-10)7-17/h1-6H,(H,18,19). The summed E-state index contributed by atoms with van der Waals surface area (Å²) in [5.41, 5.74) is 1.54. The number of nitriles is 1. The normalized spacial score (nSPS) is 10.4. The van der Waals surface area contributed by atoms with Crippen LogP contribution in [0.4, 0.5) is 15.2 Å². The Labute approximate surface area is 126 Å². The van der Waals surface area contributed by atoms with Crippen molar-refractivity contribution >= 4 is 48.3 Å². The smallest absolute Gasteiger partial charge is 0.188 e. The lowest BCUT2D eigenvalue weighted by molar-refractivity contribution is 0.624. The molecule has 0 saturated heterocycles. The second kappa shape index (κ2) is 5.19. The average Bonchev–Trinajstić information content (AvgIpc) is 2.82. The number of anilines is 2. The van der Waals surface area contributed by atoms with Crippen LogP contribution in [-0.4, -0.2) is 4.98 Å². The van der Waals surface area contributed by atoms with Crippen LogP contribution in [0.2, 0.25) is 0 Å². The minimum atomic E-state index is -0.522. The number of fused-ring (bicyclic) bond motifs is 1. The van der Waals surface area contributed by atoms with E-state index in [4.69, 9.17) is 5.26 Å². The highest BCUT2D eigenvalue weighted by Crippen LogP contribution is 2.30. The van der Waals surface area contributed by atoms with Crippen LogP contribution in [0.1, 0.15) is 5.56 Å². The molecule has 20 heavy (non-hydrogen) atoms. The molecule has 6 heteroatoms. The van der Waals surface area contributed by atoms with Crippen LogP contribution in [-0.2, 0) is 0 Å². The molecule has 2 aromatic carbocycles. The molecule has 0 fully saturated rings. The molecule has 0 atom stereocenters. The Kier molecular flexibility index (Phi) is 3.38. The number of aromatic nitrogens is 1. The highest BCUT2D eigenvalue weighted by molar-refractivity contribution is 9.10. The minimum Gasteiger partial charge on any atom is -0.331 e. The van der Waals surface area contributed by atoms with E-state index in [9.17, 15) is 4.39 Å². The average molecular weight is 348 g/mol. The van der Waals surface area contributed by atoms with Gasteiger partial charge in [0.2, 0.25) is 0 Å². The van der Waals surface area contributed by atoms with Gasteiger partial charge in [0, 0.05) is 10.2 Å². The Bertz CT molecular complexity index is 838. The maximum absolute atomic E-state index is 13.3. The number of thiazole rings is 1. The summed E-state index contributed by atoms with van der Waals surface area (Å²) >= 11 is 4.90. The van der Waals surface area contributed by atoms with Crippen molar-refractivity contribution in [1.29, 1.82) is 5.26 Å². The third-order valence-corrected chi connectivity index (χ3v) is 4.13. The topological polar surface area (TPSA) is 48.7 Å². The number of hydrogen-bond donors (Lipinski definition) is 1. The lowest BCUT2D eigenvalue weighted by Gasteiger charge is -2.02. The first-order valence-electron chi connectivity index (χ1n) is 5.68. The Balaban J connectivity index is 1.95. The number of hydrogen-bond acceptors (Lipinski definition) is 4. The predicted octanol–water partition coefficient (Wildman–Crippen LogP) is 4.81. The van der Waals surface area contributed by atoms with E-state index in [0.29, 0.717) is 10.8 Å². The van der Waals surface area contributed by atoms with Crippen LogP contribution < -0.4 is 5.32 Å². The van der Waals surface area contributed by atoms with E-state index in [2.05, 4.69) is 26.2 Å². The van der Waals surface area contributed by atoms with Crippen LogP contribution in [0.25, 0.3) is 10.2 Å². The van der Waals surface area contributed by atoms with Crippen molar-refractivity contribution in [3.8, 4) is 6.07 Å². The Morgan fingerprint density at radius 2 is 2.10 bits per heavy atom. The van der Waals surface area contributed by atoms with Gasteiger partial charge in [0.05, 0.1) is 15.8 Å². The summed E-state index contributed by atoms with van der Waals surface area (Å²) in [5.74, 6) is -0.522. The van der Waals surface area contributed by atoms with E-state index in [1.807, 2.05) is 24.3 Å². The summed E-state index contributed by atoms with van der Waals surface area (Å²) < 4.78 is 15.3. The van der Waals surface area contributed by atoms with Crippen molar-refractivity contribution < 1.29 is 4.39 Å². The van der Waals surface area contributed by atoms with Crippen LogP contribution >= 0.6 is 27.3 Å². The molecule has 0 unspecified atom stereocenters. The van der Waals surface area contributed by atoms with Gasteiger partial charge in [0.1, 0.15) is 11.9 Å². The third-order valence-electron chi connectivity index (χ3n) is 2.69. The first-order chi connectivity index (χ1) is 9.65. The lowest BCUT2D eigenvalue weighted by atomic mass is 10.2. The second-order valence-electron chi connectivity index (χ2n) is 4.06. The van der Waals surface area contributed by atoms with Crippen LogP contribution in [0.15, 0.2) is 40.9 Å². The molecule has 3 rings (SSSR count). The van der Waals surface area contributed by atoms with E-state index in [-0.39, 0.29) is 5.56 Å². The quantitative estimate of drug-likeness (QED) is 0.723. The fourth-order valence-corrected chi connectivity index (χ4v) is 2.98. The van der Waals surface area contributed by atoms with E-state index in [0.717, 1.165) is 14.7 Å². The molecule has 98 valence electrons. The SMILES string of the molecule is N#Cc1cc(Nc2nc3cc(Br)ccc3s2)ccc1F. The van der Waals surface area contributed by atoms with Gasteiger partial charge in [-0.2, -0.15) is 5.26 Å². The second-order valence-corrected chi connectivity index (χ2v) is 6.01. The van der Waals surface area contributed by atoms with Crippen LogP contribution in [0.5, 0.6) is 0 Å². The molecule has 0 amide bonds. The lowest BCUT2D eigenvalue weighted by Crippen LogP contribution is -1.91. The van der Waals surface area contributed by atoms with Crippen LogP contribution in [0, 0.1) is 17.1 Å². The highest BCUT2D eigenvalue weighted by Gasteiger charge is 2.07. The molecule has 1 heterocycles. The first kappa shape index (κ1) is 13.0. The minimum absolute atomic E-state index is 0.0128. The molecule has 0 aliphatic rings. The highest BCUT2D eigenvalue weighted by atomic mass is 79.9. The maximum atomic E-state index is 13.3. The summed E-state index contributed by atoms with van der Waals surface area (Å²) in [4.78, 5) is 4.45. The Morgan fingerprint density at radius 3 is 2.90 bits per heavy atom. The summed E-state index contributed by atoms with van der Waals surface area (Å²) in [6, 6.07) is 12.0. The number of nitrogens with one attached hydrogen (secondary N) is 1. The Hall–Kier alpha value is -1.97. The van der Waals surface area contributed by atoms with E-state index in [1.165, 1.54) is 23.5 Å². The van der Waals surface area contributed by atoms with E-state index >= 15 is 0 Å². The zero-order valence-corrected chi connectivity index (χ0v) is 12.4. The van der Waals surface area contributed by atoms with Crippen molar-refractivity contribution in [2.75, 3.05) is 5.32 Å². The number of halogens is 2. The van der Waals surface area contributed by atoms with E-state index < -0.39 is 5.82 Å². The fraction of sp³-hybridized carbons (Fsp3) is 0. The van der Waals surface area contributed by atoms with Gasteiger partial charge in [-0.25, -0.2) is 9.37 Å². The van der Waals surface area contributed by atoms with Gasteiger partial charge in [-0.3, -0.25) is 0 Å². The molecule has 3 aromatic rings. The van der Waals surface area contributed by atoms with Gasteiger partial charge in [-0.1, -0.05) is 27.3 Å². The largest absolute Gasteiger partial charge is 0.331 e. The van der Waals surface area contributed by atoms with Crippen molar-refractivity contribution in [2.24, 2.45) is 0 Å². The van der Waals surface area contributed by atoms with Crippen molar-refractivity contribution in [2.45, 2.75) is 0 Å². The number of benzene rings is 2. The van der Waals surface area contributed by atoms with Crippen molar-refractivity contribution in [3.05, 3.63) is 52.3 Å². The molecule has 0 aliphatic heterocycles. The molecular weight excluding hydrogens is 341 g/mol.